The summed E-state index contributed by atoms with van der Waals surface area (Å²) in [5.41, 5.74) is 0. The molecule has 0 bridgehead atoms. The van der Waals surface area contributed by atoms with Crippen molar-refractivity contribution in [2.24, 2.45) is 0 Å². The van der Waals surface area contributed by atoms with Gasteiger partial charge in [-0.15, -0.1) is 0 Å². The molecule has 2 rings (SSSR count). The minimum atomic E-state index is 0.114. The van der Waals surface area contributed by atoms with Crippen LogP contribution in [-0.4, -0.2) is 24.3 Å². The van der Waals surface area contributed by atoms with Gasteiger partial charge in [-0.2, -0.15) is 0 Å². The van der Waals surface area contributed by atoms with Gasteiger partial charge in [-0.25, -0.2) is 4.98 Å². The highest BCUT2D eigenvalue weighted by atomic mass is 127. The number of nitrogens with zero attached hydrogens (tertiary/aromatic N) is 1. The molecule has 0 unspecified atom stereocenters. The lowest BCUT2D eigenvalue weighted by Crippen LogP contribution is -2.38. The van der Waals surface area contributed by atoms with Gasteiger partial charge in [0.05, 0.1) is 13.2 Å². The van der Waals surface area contributed by atoms with Crippen LogP contribution in [0.5, 0.6) is 5.88 Å². The van der Waals surface area contributed by atoms with Crippen molar-refractivity contribution in [3.05, 3.63) is 20.9 Å². The average Bonchev–Trinajstić information content (AvgIpc) is 2.04. The normalized spacial score (nSPS) is 16.8. The summed E-state index contributed by atoms with van der Waals surface area (Å²) in [4.78, 5) is 4.05. The lowest BCUT2D eigenvalue weighted by atomic mass is 10.3. The molecule has 5 heteroatoms. The summed E-state index contributed by atoms with van der Waals surface area (Å²) < 4.78 is 11.4. The molecule has 1 aliphatic heterocycles. The predicted octanol–water partition coefficient (Wildman–Crippen LogP) is 2.12. The smallest absolute Gasteiger partial charge is 0.234 e. The first-order valence-corrected chi connectivity index (χ1v) is 5.27. The number of hydrogen-bond acceptors (Lipinski definition) is 3. The Balaban J connectivity index is 2.14. The van der Waals surface area contributed by atoms with Crippen molar-refractivity contribution in [2.75, 3.05) is 13.2 Å². The molecule has 1 fully saturated rings. The van der Waals surface area contributed by atoms with E-state index < -0.39 is 0 Å². The lowest BCUT2D eigenvalue weighted by Gasteiger charge is -2.26. The first-order chi connectivity index (χ1) is 6.27. The van der Waals surface area contributed by atoms with Crippen LogP contribution < -0.4 is 4.74 Å². The lowest BCUT2D eigenvalue weighted by molar-refractivity contribution is -0.0813. The third-order valence-corrected chi connectivity index (χ3v) is 3.28. The zero-order valence-electron chi connectivity index (χ0n) is 6.67. The molecule has 70 valence electrons. The molecule has 0 atom stereocenters. The van der Waals surface area contributed by atoms with E-state index in [4.69, 9.17) is 21.1 Å². The second-order valence-corrected chi connectivity index (χ2v) is 4.23. The third kappa shape index (κ3) is 2.05. The fraction of sp³-hybridized carbons (Fsp3) is 0.375. The molecule has 1 aromatic rings. The van der Waals surface area contributed by atoms with Gasteiger partial charge in [0.2, 0.25) is 5.88 Å². The molecule has 0 aromatic carbocycles. The summed E-state index contributed by atoms with van der Waals surface area (Å²) >= 11 is 8.13. The van der Waals surface area contributed by atoms with Gasteiger partial charge in [-0.05, 0) is 28.7 Å². The van der Waals surface area contributed by atoms with Crippen LogP contribution in [-0.2, 0) is 4.74 Å². The maximum Gasteiger partial charge on any atom is 0.234 e. The summed E-state index contributed by atoms with van der Waals surface area (Å²) in [6, 6.07) is 1.84. The van der Waals surface area contributed by atoms with E-state index in [-0.39, 0.29) is 6.10 Å². The number of hydrogen-bond donors (Lipinski definition) is 0. The van der Waals surface area contributed by atoms with Crippen molar-refractivity contribution < 1.29 is 9.47 Å². The van der Waals surface area contributed by atoms with Crippen LogP contribution in [0.2, 0.25) is 5.02 Å². The molecular formula is C8H7ClINO2. The van der Waals surface area contributed by atoms with E-state index in [1.54, 1.807) is 6.20 Å². The van der Waals surface area contributed by atoms with Crippen molar-refractivity contribution >= 4 is 34.2 Å². The Morgan fingerprint density at radius 3 is 3.00 bits per heavy atom. The van der Waals surface area contributed by atoms with Crippen molar-refractivity contribution in [3.8, 4) is 5.88 Å². The molecule has 1 aliphatic rings. The van der Waals surface area contributed by atoms with Gasteiger partial charge in [0.25, 0.3) is 0 Å². The minimum absolute atomic E-state index is 0.114. The van der Waals surface area contributed by atoms with Gasteiger partial charge in [-0.1, -0.05) is 11.6 Å². The number of rotatable bonds is 2. The molecule has 0 radical (unpaired) electrons. The van der Waals surface area contributed by atoms with Crippen LogP contribution in [0, 0.1) is 3.57 Å². The number of pyridine rings is 1. The van der Waals surface area contributed by atoms with Gasteiger partial charge >= 0.3 is 0 Å². The van der Waals surface area contributed by atoms with E-state index in [9.17, 15) is 0 Å². The van der Waals surface area contributed by atoms with Crippen LogP contribution >= 0.6 is 34.2 Å². The molecule has 1 aromatic heterocycles. The SMILES string of the molecule is Clc1c(I)ccnc1OC1COC1. The van der Waals surface area contributed by atoms with E-state index in [1.807, 2.05) is 6.07 Å². The second-order valence-electron chi connectivity index (χ2n) is 2.69. The quantitative estimate of drug-likeness (QED) is 0.784. The van der Waals surface area contributed by atoms with Gasteiger partial charge in [-0.3, -0.25) is 0 Å². The molecule has 2 heterocycles. The second kappa shape index (κ2) is 3.98. The van der Waals surface area contributed by atoms with E-state index in [2.05, 4.69) is 27.6 Å². The van der Waals surface area contributed by atoms with Crippen LogP contribution in [0.1, 0.15) is 0 Å². The van der Waals surface area contributed by atoms with E-state index in [0.29, 0.717) is 24.1 Å². The summed E-state index contributed by atoms with van der Waals surface area (Å²) in [7, 11) is 0. The molecule has 0 spiro atoms. The molecule has 1 saturated heterocycles. The number of halogens is 2. The first-order valence-electron chi connectivity index (χ1n) is 3.82. The molecular weight excluding hydrogens is 304 g/mol. The fourth-order valence-corrected chi connectivity index (χ4v) is 1.47. The molecule has 0 saturated carbocycles. The highest BCUT2D eigenvalue weighted by molar-refractivity contribution is 14.1. The van der Waals surface area contributed by atoms with E-state index >= 15 is 0 Å². The molecule has 0 aliphatic carbocycles. The topological polar surface area (TPSA) is 31.4 Å². The number of ether oxygens (including phenoxy) is 2. The summed E-state index contributed by atoms with van der Waals surface area (Å²) in [6.45, 7) is 1.26. The summed E-state index contributed by atoms with van der Waals surface area (Å²) in [5, 5.41) is 0.579. The Kier molecular flexibility index (Phi) is 2.90. The Bertz CT molecular complexity index is 317. The monoisotopic (exact) mass is 311 g/mol. The first kappa shape index (κ1) is 9.48. The van der Waals surface area contributed by atoms with Crippen molar-refractivity contribution in [2.45, 2.75) is 6.10 Å². The van der Waals surface area contributed by atoms with Crippen molar-refractivity contribution in [3.63, 3.8) is 0 Å². The van der Waals surface area contributed by atoms with Crippen LogP contribution in [0.25, 0.3) is 0 Å². The van der Waals surface area contributed by atoms with Gasteiger partial charge < -0.3 is 9.47 Å². The Hall–Kier alpha value is -0.0700. The van der Waals surface area contributed by atoms with Crippen molar-refractivity contribution in [1.82, 2.24) is 4.98 Å². The summed E-state index contributed by atoms with van der Waals surface area (Å²) in [5.74, 6) is 0.502. The molecule has 13 heavy (non-hydrogen) atoms. The van der Waals surface area contributed by atoms with Crippen LogP contribution in [0.4, 0.5) is 0 Å². The highest BCUT2D eigenvalue weighted by Gasteiger charge is 2.22. The number of aromatic nitrogens is 1. The van der Waals surface area contributed by atoms with Gasteiger partial charge in [0.1, 0.15) is 11.1 Å². The van der Waals surface area contributed by atoms with Crippen LogP contribution in [0.3, 0.4) is 0 Å². The van der Waals surface area contributed by atoms with E-state index in [1.165, 1.54) is 0 Å². The van der Waals surface area contributed by atoms with E-state index in [0.717, 1.165) is 3.57 Å². The third-order valence-electron chi connectivity index (χ3n) is 1.70. The van der Waals surface area contributed by atoms with Gasteiger partial charge in [0.15, 0.2) is 0 Å². The largest absolute Gasteiger partial charge is 0.468 e. The molecule has 0 N–H and O–H groups in total. The predicted molar refractivity (Wildman–Crippen MR) is 57.2 cm³/mol. The molecule has 0 amide bonds. The Morgan fingerprint density at radius 2 is 2.38 bits per heavy atom. The standard InChI is InChI=1S/C8H7ClINO2/c9-7-6(10)1-2-11-8(7)13-5-3-12-4-5/h1-2,5H,3-4H2. The Labute approximate surface area is 94.5 Å². The average molecular weight is 312 g/mol. The Morgan fingerprint density at radius 1 is 1.62 bits per heavy atom. The highest BCUT2D eigenvalue weighted by Crippen LogP contribution is 2.28. The van der Waals surface area contributed by atoms with Crippen LogP contribution in [0.15, 0.2) is 12.3 Å². The van der Waals surface area contributed by atoms with Crippen molar-refractivity contribution in [1.29, 1.82) is 0 Å². The maximum absolute atomic E-state index is 5.98. The van der Waals surface area contributed by atoms with Gasteiger partial charge in [0, 0.05) is 9.77 Å². The molecule has 3 nitrogen and oxygen atoms in total. The zero-order valence-corrected chi connectivity index (χ0v) is 9.58. The fourth-order valence-electron chi connectivity index (χ4n) is 0.925. The minimum Gasteiger partial charge on any atom is -0.468 e. The zero-order chi connectivity index (χ0) is 9.26. The summed E-state index contributed by atoms with van der Waals surface area (Å²) in [6.07, 6.45) is 1.80. The maximum atomic E-state index is 5.98.